The van der Waals surface area contributed by atoms with Crippen LogP contribution in [-0.2, 0) is 4.74 Å². The van der Waals surface area contributed by atoms with Crippen LogP contribution < -0.4 is 19.5 Å². The van der Waals surface area contributed by atoms with Crippen LogP contribution in [0.4, 0.5) is 0 Å². The van der Waals surface area contributed by atoms with Crippen molar-refractivity contribution in [3.05, 3.63) is 17.7 Å². The minimum atomic E-state index is -0.185. The van der Waals surface area contributed by atoms with Gasteiger partial charge in [0.25, 0.3) is 5.91 Å². The van der Waals surface area contributed by atoms with Gasteiger partial charge in [-0.15, -0.1) is 0 Å². The fourth-order valence-electron chi connectivity index (χ4n) is 2.70. The Kier molecular flexibility index (Phi) is 7.14. The van der Waals surface area contributed by atoms with E-state index < -0.39 is 0 Å². The number of rotatable bonds is 8. The van der Waals surface area contributed by atoms with Crippen molar-refractivity contribution < 1.29 is 23.7 Å². The molecule has 0 radical (unpaired) electrons. The Morgan fingerprint density at radius 3 is 2.46 bits per heavy atom. The maximum absolute atomic E-state index is 12.4. The lowest BCUT2D eigenvalue weighted by atomic mass is 10.1. The summed E-state index contributed by atoms with van der Waals surface area (Å²) in [5, 5.41) is 2.93. The number of hydrogen-bond acceptors (Lipinski definition) is 6. The Labute approximate surface area is 142 Å². The molecule has 1 saturated heterocycles. The van der Waals surface area contributed by atoms with Crippen molar-refractivity contribution in [2.45, 2.75) is 6.42 Å². The fraction of sp³-hybridized carbons (Fsp3) is 0.588. The number of ether oxygens (including phenoxy) is 4. The first kappa shape index (κ1) is 18.4. The average molecular weight is 338 g/mol. The minimum absolute atomic E-state index is 0.185. The highest BCUT2D eigenvalue weighted by atomic mass is 16.5. The Balaban J connectivity index is 1.91. The Morgan fingerprint density at radius 1 is 1.12 bits per heavy atom. The molecule has 0 atom stereocenters. The summed E-state index contributed by atoms with van der Waals surface area (Å²) in [6, 6.07) is 3.38. The lowest BCUT2D eigenvalue weighted by Crippen LogP contribution is -2.38. The SMILES string of the molecule is COc1ccc(C(=O)NCCCN2CCOCC2)c(OC)c1OC. The second kappa shape index (κ2) is 9.34. The Morgan fingerprint density at radius 2 is 1.83 bits per heavy atom. The maximum atomic E-state index is 12.4. The van der Waals surface area contributed by atoms with Crippen LogP contribution in [0.15, 0.2) is 12.1 Å². The van der Waals surface area contributed by atoms with Gasteiger partial charge in [0.05, 0.1) is 40.1 Å². The van der Waals surface area contributed by atoms with Gasteiger partial charge in [0.2, 0.25) is 5.75 Å². The van der Waals surface area contributed by atoms with Gasteiger partial charge in [0, 0.05) is 19.6 Å². The van der Waals surface area contributed by atoms with E-state index in [0.717, 1.165) is 39.3 Å². The average Bonchev–Trinajstić information content (AvgIpc) is 2.64. The number of morpholine rings is 1. The van der Waals surface area contributed by atoms with Gasteiger partial charge >= 0.3 is 0 Å². The van der Waals surface area contributed by atoms with Gasteiger partial charge in [-0.25, -0.2) is 0 Å². The van der Waals surface area contributed by atoms with Crippen molar-refractivity contribution in [1.82, 2.24) is 10.2 Å². The van der Waals surface area contributed by atoms with Crippen LogP contribution in [0, 0.1) is 0 Å². The summed E-state index contributed by atoms with van der Waals surface area (Å²) in [6.45, 7) is 5.04. The standard InChI is InChI=1S/C17H26N2O5/c1-21-14-6-5-13(15(22-2)16(14)23-3)17(20)18-7-4-8-19-9-11-24-12-10-19/h5-6H,4,7-12H2,1-3H3,(H,18,20). The molecule has 0 aromatic heterocycles. The molecule has 1 aliphatic heterocycles. The molecule has 1 aromatic rings. The molecule has 7 nitrogen and oxygen atoms in total. The summed E-state index contributed by atoms with van der Waals surface area (Å²) in [5.74, 6) is 1.14. The normalized spacial score (nSPS) is 15.0. The molecule has 1 amide bonds. The van der Waals surface area contributed by atoms with Crippen molar-refractivity contribution in [2.24, 2.45) is 0 Å². The van der Waals surface area contributed by atoms with Crippen LogP contribution in [0.5, 0.6) is 17.2 Å². The molecule has 0 aliphatic carbocycles. The highest BCUT2D eigenvalue weighted by Crippen LogP contribution is 2.39. The van der Waals surface area contributed by atoms with Crippen LogP contribution >= 0.6 is 0 Å². The van der Waals surface area contributed by atoms with Gasteiger partial charge in [-0.05, 0) is 25.1 Å². The third-order valence-electron chi connectivity index (χ3n) is 3.99. The van der Waals surface area contributed by atoms with E-state index in [4.69, 9.17) is 18.9 Å². The smallest absolute Gasteiger partial charge is 0.255 e. The first-order valence-electron chi connectivity index (χ1n) is 8.08. The molecule has 134 valence electrons. The molecule has 0 unspecified atom stereocenters. The summed E-state index contributed by atoms with van der Waals surface area (Å²) in [5.41, 5.74) is 0.432. The zero-order valence-corrected chi connectivity index (χ0v) is 14.6. The number of carbonyl (C=O) groups is 1. The summed E-state index contributed by atoms with van der Waals surface area (Å²) in [4.78, 5) is 14.8. The van der Waals surface area contributed by atoms with E-state index in [-0.39, 0.29) is 5.91 Å². The second-order valence-corrected chi connectivity index (χ2v) is 5.45. The molecule has 1 heterocycles. The van der Waals surface area contributed by atoms with Crippen LogP contribution in [0.25, 0.3) is 0 Å². The van der Waals surface area contributed by atoms with Gasteiger partial charge < -0.3 is 24.3 Å². The van der Waals surface area contributed by atoms with Gasteiger partial charge in [0.1, 0.15) is 0 Å². The first-order chi connectivity index (χ1) is 11.7. The molecule has 0 saturated carbocycles. The number of carbonyl (C=O) groups excluding carboxylic acids is 1. The summed E-state index contributed by atoms with van der Waals surface area (Å²) < 4.78 is 21.2. The lowest BCUT2D eigenvalue weighted by molar-refractivity contribution is 0.0374. The Hall–Kier alpha value is -1.99. The summed E-state index contributed by atoms with van der Waals surface area (Å²) in [6.07, 6.45) is 0.890. The largest absolute Gasteiger partial charge is 0.493 e. The van der Waals surface area contributed by atoms with Gasteiger partial charge in [-0.3, -0.25) is 9.69 Å². The van der Waals surface area contributed by atoms with Crippen LogP contribution in [0.1, 0.15) is 16.8 Å². The van der Waals surface area contributed by atoms with Crippen LogP contribution in [0.2, 0.25) is 0 Å². The van der Waals surface area contributed by atoms with Gasteiger partial charge in [-0.1, -0.05) is 0 Å². The molecule has 24 heavy (non-hydrogen) atoms. The first-order valence-corrected chi connectivity index (χ1v) is 8.08. The number of nitrogens with one attached hydrogen (secondary N) is 1. The number of nitrogens with zero attached hydrogens (tertiary/aromatic N) is 1. The molecule has 1 fully saturated rings. The quantitative estimate of drug-likeness (QED) is 0.718. The Bertz CT molecular complexity index is 544. The highest BCUT2D eigenvalue weighted by Gasteiger charge is 2.20. The van der Waals surface area contributed by atoms with Crippen molar-refractivity contribution in [2.75, 3.05) is 60.7 Å². The molecule has 0 bridgehead atoms. The van der Waals surface area contributed by atoms with Crippen molar-refractivity contribution in [1.29, 1.82) is 0 Å². The van der Waals surface area contributed by atoms with Crippen LogP contribution in [-0.4, -0.2) is 71.5 Å². The topological polar surface area (TPSA) is 69.3 Å². The van der Waals surface area contributed by atoms with Crippen molar-refractivity contribution >= 4 is 5.91 Å². The van der Waals surface area contributed by atoms with Crippen molar-refractivity contribution in [3.63, 3.8) is 0 Å². The number of amides is 1. The van der Waals surface area contributed by atoms with Crippen LogP contribution in [0.3, 0.4) is 0 Å². The summed E-state index contributed by atoms with van der Waals surface area (Å²) >= 11 is 0. The van der Waals surface area contributed by atoms with E-state index in [0.29, 0.717) is 29.4 Å². The third kappa shape index (κ3) is 4.52. The second-order valence-electron chi connectivity index (χ2n) is 5.45. The predicted molar refractivity (Wildman–Crippen MR) is 90.3 cm³/mol. The fourth-order valence-corrected chi connectivity index (χ4v) is 2.70. The highest BCUT2D eigenvalue weighted by molar-refractivity contribution is 5.98. The van der Waals surface area contributed by atoms with E-state index in [2.05, 4.69) is 10.2 Å². The number of hydrogen-bond donors (Lipinski definition) is 1. The van der Waals surface area contributed by atoms with E-state index in [1.807, 2.05) is 0 Å². The zero-order valence-electron chi connectivity index (χ0n) is 14.6. The zero-order chi connectivity index (χ0) is 17.4. The molecule has 1 N–H and O–H groups in total. The molecular formula is C17H26N2O5. The predicted octanol–water partition coefficient (Wildman–Crippen LogP) is 1.16. The van der Waals surface area contributed by atoms with Gasteiger partial charge in [0.15, 0.2) is 11.5 Å². The lowest BCUT2D eigenvalue weighted by Gasteiger charge is -2.26. The molecule has 1 aromatic carbocycles. The number of methoxy groups -OCH3 is 3. The summed E-state index contributed by atoms with van der Waals surface area (Å²) in [7, 11) is 4.57. The monoisotopic (exact) mass is 338 g/mol. The van der Waals surface area contributed by atoms with E-state index >= 15 is 0 Å². The maximum Gasteiger partial charge on any atom is 0.255 e. The third-order valence-corrected chi connectivity index (χ3v) is 3.99. The molecule has 7 heteroatoms. The van der Waals surface area contributed by atoms with E-state index in [1.54, 1.807) is 19.2 Å². The van der Waals surface area contributed by atoms with Gasteiger partial charge in [-0.2, -0.15) is 0 Å². The molecule has 2 rings (SSSR count). The van der Waals surface area contributed by atoms with E-state index in [1.165, 1.54) is 14.2 Å². The molecule has 0 spiro atoms. The molecule has 1 aliphatic rings. The number of benzene rings is 1. The minimum Gasteiger partial charge on any atom is -0.493 e. The van der Waals surface area contributed by atoms with E-state index in [9.17, 15) is 4.79 Å². The molecular weight excluding hydrogens is 312 g/mol. The van der Waals surface area contributed by atoms with Crippen molar-refractivity contribution in [3.8, 4) is 17.2 Å².